The Hall–Kier alpha value is -2.10. The van der Waals surface area contributed by atoms with Gasteiger partial charge in [-0.05, 0) is 57.7 Å². The Bertz CT molecular complexity index is 688. The van der Waals surface area contributed by atoms with Crippen molar-refractivity contribution in [2.24, 2.45) is 11.8 Å². The van der Waals surface area contributed by atoms with Gasteiger partial charge in [0.2, 0.25) is 11.8 Å². The highest BCUT2D eigenvalue weighted by Gasteiger charge is 2.48. The number of amides is 2. The standard InChI is InChI=1S/C20H25NO3/c1-12-5-6-13(2)18(9-12)24-8-7-21-19(22)16-10-14(3)15(4)11-17(16)20(21)23/h5-6,9,16-17H,7-8,10-11H2,1-4H3. The van der Waals surface area contributed by atoms with E-state index >= 15 is 0 Å². The number of hydrogen-bond acceptors (Lipinski definition) is 3. The molecule has 0 N–H and O–H groups in total. The Morgan fingerprint density at radius 3 is 2.17 bits per heavy atom. The first-order valence-corrected chi connectivity index (χ1v) is 8.59. The van der Waals surface area contributed by atoms with Crippen LogP contribution in [-0.2, 0) is 9.59 Å². The van der Waals surface area contributed by atoms with Crippen LogP contribution in [0.5, 0.6) is 5.75 Å². The number of ether oxygens (including phenoxy) is 1. The second-order valence-electron chi connectivity index (χ2n) is 7.13. The summed E-state index contributed by atoms with van der Waals surface area (Å²) in [6.45, 7) is 8.81. The summed E-state index contributed by atoms with van der Waals surface area (Å²) in [6.07, 6.45) is 1.44. The predicted octanol–water partition coefficient (Wildman–Crippen LogP) is 3.41. The molecule has 0 radical (unpaired) electrons. The topological polar surface area (TPSA) is 46.6 Å². The van der Waals surface area contributed by atoms with E-state index in [1.165, 1.54) is 16.0 Å². The average molecular weight is 327 g/mol. The molecule has 0 bridgehead atoms. The molecular weight excluding hydrogens is 302 g/mol. The first-order chi connectivity index (χ1) is 11.4. The largest absolute Gasteiger partial charge is 0.491 e. The van der Waals surface area contributed by atoms with Gasteiger partial charge < -0.3 is 4.74 Å². The van der Waals surface area contributed by atoms with Gasteiger partial charge in [-0.1, -0.05) is 23.3 Å². The maximum absolute atomic E-state index is 12.6. The molecule has 0 spiro atoms. The summed E-state index contributed by atoms with van der Waals surface area (Å²) in [5.74, 6) is 0.437. The first-order valence-electron chi connectivity index (χ1n) is 8.59. The fraction of sp³-hybridized carbons (Fsp3) is 0.500. The van der Waals surface area contributed by atoms with E-state index in [0.29, 0.717) is 13.2 Å². The van der Waals surface area contributed by atoms with Gasteiger partial charge in [-0.15, -0.1) is 0 Å². The zero-order valence-corrected chi connectivity index (χ0v) is 14.9. The molecule has 1 aromatic carbocycles. The molecule has 2 aliphatic rings. The summed E-state index contributed by atoms with van der Waals surface area (Å²) in [7, 11) is 0. The van der Waals surface area contributed by atoms with Crippen molar-refractivity contribution in [2.75, 3.05) is 13.2 Å². The molecule has 4 heteroatoms. The third-order valence-electron chi connectivity index (χ3n) is 5.35. The SMILES string of the molecule is CC1=C(C)CC2C(=O)N(CCOc3cc(C)ccc3C)C(=O)C2C1. The van der Waals surface area contributed by atoms with Crippen molar-refractivity contribution in [1.82, 2.24) is 4.90 Å². The molecule has 24 heavy (non-hydrogen) atoms. The molecule has 1 aliphatic heterocycles. The van der Waals surface area contributed by atoms with Gasteiger partial charge in [0.05, 0.1) is 18.4 Å². The quantitative estimate of drug-likeness (QED) is 0.629. The van der Waals surface area contributed by atoms with Crippen molar-refractivity contribution in [3.05, 3.63) is 40.5 Å². The van der Waals surface area contributed by atoms with E-state index in [1.807, 2.05) is 32.0 Å². The van der Waals surface area contributed by atoms with Crippen LogP contribution in [0.2, 0.25) is 0 Å². The van der Waals surface area contributed by atoms with E-state index in [4.69, 9.17) is 4.74 Å². The maximum atomic E-state index is 12.6. The number of aryl methyl sites for hydroxylation is 2. The van der Waals surface area contributed by atoms with Gasteiger partial charge in [-0.25, -0.2) is 0 Å². The van der Waals surface area contributed by atoms with Crippen LogP contribution in [0.15, 0.2) is 29.3 Å². The van der Waals surface area contributed by atoms with Crippen LogP contribution in [0.1, 0.15) is 37.8 Å². The highest BCUT2D eigenvalue weighted by molar-refractivity contribution is 6.05. The Morgan fingerprint density at radius 1 is 1.00 bits per heavy atom. The molecule has 1 heterocycles. The fourth-order valence-corrected chi connectivity index (χ4v) is 3.65. The monoisotopic (exact) mass is 327 g/mol. The lowest BCUT2D eigenvalue weighted by molar-refractivity contribution is -0.140. The molecule has 2 atom stereocenters. The molecule has 1 fully saturated rings. The van der Waals surface area contributed by atoms with Crippen LogP contribution in [0, 0.1) is 25.7 Å². The Kier molecular flexibility index (Phi) is 4.48. The fourth-order valence-electron chi connectivity index (χ4n) is 3.65. The van der Waals surface area contributed by atoms with Gasteiger partial charge in [0.25, 0.3) is 0 Å². The smallest absolute Gasteiger partial charge is 0.233 e. The van der Waals surface area contributed by atoms with Crippen molar-refractivity contribution in [3.63, 3.8) is 0 Å². The summed E-state index contributed by atoms with van der Waals surface area (Å²) in [6, 6.07) is 6.04. The third kappa shape index (κ3) is 2.97. The summed E-state index contributed by atoms with van der Waals surface area (Å²) in [4.78, 5) is 26.6. The normalized spacial score (nSPS) is 23.8. The van der Waals surface area contributed by atoms with E-state index < -0.39 is 0 Å². The van der Waals surface area contributed by atoms with E-state index in [-0.39, 0.29) is 23.7 Å². The van der Waals surface area contributed by atoms with Crippen molar-refractivity contribution >= 4 is 11.8 Å². The molecule has 3 rings (SSSR count). The number of rotatable bonds is 4. The molecule has 1 aromatic rings. The summed E-state index contributed by atoms with van der Waals surface area (Å²) in [5, 5.41) is 0. The minimum atomic E-state index is -0.165. The molecule has 0 aromatic heterocycles. The highest BCUT2D eigenvalue weighted by Crippen LogP contribution is 2.40. The molecule has 1 aliphatic carbocycles. The van der Waals surface area contributed by atoms with Gasteiger partial charge in [-0.2, -0.15) is 0 Å². The van der Waals surface area contributed by atoms with Gasteiger partial charge in [0.15, 0.2) is 0 Å². The van der Waals surface area contributed by atoms with Crippen LogP contribution < -0.4 is 4.74 Å². The minimum Gasteiger partial charge on any atom is -0.491 e. The number of fused-ring (bicyclic) bond motifs is 1. The van der Waals surface area contributed by atoms with Crippen molar-refractivity contribution in [3.8, 4) is 5.75 Å². The van der Waals surface area contributed by atoms with E-state index in [1.54, 1.807) is 0 Å². The Morgan fingerprint density at radius 2 is 1.58 bits per heavy atom. The number of imide groups is 1. The number of carbonyl (C=O) groups is 2. The summed E-state index contributed by atoms with van der Waals surface area (Å²) < 4.78 is 5.82. The number of nitrogens with zero attached hydrogens (tertiary/aromatic N) is 1. The van der Waals surface area contributed by atoms with Crippen molar-refractivity contribution in [2.45, 2.75) is 40.5 Å². The van der Waals surface area contributed by atoms with E-state index in [9.17, 15) is 9.59 Å². The molecule has 4 nitrogen and oxygen atoms in total. The Labute approximate surface area is 143 Å². The van der Waals surface area contributed by atoms with E-state index in [0.717, 1.165) is 29.7 Å². The van der Waals surface area contributed by atoms with Gasteiger partial charge in [0.1, 0.15) is 12.4 Å². The number of likely N-dealkylation sites (tertiary alicyclic amines) is 1. The molecule has 128 valence electrons. The van der Waals surface area contributed by atoms with Crippen molar-refractivity contribution < 1.29 is 14.3 Å². The Balaban J connectivity index is 1.64. The van der Waals surface area contributed by atoms with Crippen LogP contribution in [0.3, 0.4) is 0 Å². The summed E-state index contributed by atoms with van der Waals surface area (Å²) in [5.41, 5.74) is 4.70. The maximum Gasteiger partial charge on any atom is 0.233 e. The molecule has 1 saturated heterocycles. The van der Waals surface area contributed by atoms with Crippen LogP contribution in [0.4, 0.5) is 0 Å². The summed E-state index contributed by atoms with van der Waals surface area (Å²) >= 11 is 0. The number of hydrogen-bond donors (Lipinski definition) is 0. The number of allylic oxidation sites excluding steroid dienone is 2. The lowest BCUT2D eigenvalue weighted by Gasteiger charge is -2.23. The predicted molar refractivity (Wildman–Crippen MR) is 92.7 cm³/mol. The van der Waals surface area contributed by atoms with Crippen LogP contribution in [-0.4, -0.2) is 29.9 Å². The lowest BCUT2D eigenvalue weighted by atomic mass is 9.78. The number of carbonyl (C=O) groups excluding carboxylic acids is 2. The van der Waals surface area contributed by atoms with Crippen LogP contribution >= 0.6 is 0 Å². The van der Waals surface area contributed by atoms with Gasteiger partial charge in [0, 0.05) is 0 Å². The average Bonchev–Trinajstić information content (AvgIpc) is 2.76. The van der Waals surface area contributed by atoms with Crippen LogP contribution in [0.25, 0.3) is 0 Å². The molecule has 2 amide bonds. The molecule has 2 unspecified atom stereocenters. The second kappa shape index (κ2) is 6.42. The second-order valence-corrected chi connectivity index (χ2v) is 7.13. The van der Waals surface area contributed by atoms with E-state index in [2.05, 4.69) is 13.8 Å². The minimum absolute atomic E-state index is 0.0265. The number of benzene rings is 1. The zero-order chi connectivity index (χ0) is 17.4. The third-order valence-corrected chi connectivity index (χ3v) is 5.35. The highest BCUT2D eigenvalue weighted by atomic mass is 16.5. The van der Waals surface area contributed by atoms with Gasteiger partial charge in [-0.3, -0.25) is 14.5 Å². The van der Waals surface area contributed by atoms with Gasteiger partial charge >= 0.3 is 0 Å². The lowest BCUT2D eigenvalue weighted by Crippen LogP contribution is -2.34. The zero-order valence-electron chi connectivity index (χ0n) is 14.9. The molecule has 0 saturated carbocycles. The molecular formula is C20H25NO3. The van der Waals surface area contributed by atoms with Crippen molar-refractivity contribution in [1.29, 1.82) is 0 Å². The first kappa shape index (κ1) is 16.7.